The third-order valence-electron chi connectivity index (χ3n) is 4.09. The molecule has 23 heavy (non-hydrogen) atoms. The monoisotopic (exact) mass is 307 g/mol. The van der Waals surface area contributed by atoms with E-state index in [0.717, 1.165) is 30.4 Å². The summed E-state index contributed by atoms with van der Waals surface area (Å²) in [5.41, 5.74) is 5.92. The average molecular weight is 307 g/mol. The van der Waals surface area contributed by atoms with Crippen molar-refractivity contribution in [3.05, 3.63) is 82.9 Å². The second-order valence-electron chi connectivity index (χ2n) is 5.73. The van der Waals surface area contributed by atoms with Gasteiger partial charge in [-0.2, -0.15) is 0 Å². The largest absolute Gasteiger partial charge is 0.593 e. The summed E-state index contributed by atoms with van der Waals surface area (Å²) in [5, 5.41) is 8.40. The maximum atomic E-state index is 8.40. The Kier molecular flexibility index (Phi) is 6.22. The molecule has 0 aromatic heterocycles. The van der Waals surface area contributed by atoms with Gasteiger partial charge in [-0.25, -0.2) is 0 Å². The zero-order valence-corrected chi connectivity index (χ0v) is 14.4. The highest BCUT2D eigenvalue weighted by molar-refractivity contribution is 5.81. The second kappa shape index (κ2) is 8.38. The topological polar surface area (TPSA) is 22.9 Å². The normalized spacial score (nSPS) is 12.5. The molecule has 120 valence electrons. The summed E-state index contributed by atoms with van der Waals surface area (Å²) in [5.74, 6) is 0.562. The number of rotatable bonds is 6. The van der Waals surface area contributed by atoms with Crippen LogP contribution in [-0.4, -0.2) is 5.11 Å². The molecule has 2 aromatic carbocycles. The van der Waals surface area contributed by atoms with Crippen LogP contribution < -0.4 is 0 Å². The number of aryl methyl sites for hydroxylation is 2. The van der Waals surface area contributed by atoms with Crippen LogP contribution in [0.2, 0.25) is 0 Å². The third-order valence-corrected chi connectivity index (χ3v) is 4.09. The number of benzene rings is 2. The van der Waals surface area contributed by atoms with Gasteiger partial charge in [0.05, 0.1) is 5.56 Å². The number of hydrogen-bond acceptors (Lipinski definition) is 0. The van der Waals surface area contributed by atoms with E-state index in [9.17, 15) is 0 Å². The molecule has 0 aliphatic carbocycles. The van der Waals surface area contributed by atoms with Crippen LogP contribution in [0.15, 0.2) is 60.7 Å². The molecular formula is C22H27O+. The fraction of sp³-hybridized carbons (Fsp3) is 0.273. The molecule has 1 nitrogen and oxygen atoms in total. The van der Waals surface area contributed by atoms with Crippen molar-refractivity contribution < 1.29 is 5.11 Å². The van der Waals surface area contributed by atoms with E-state index in [1.165, 1.54) is 16.7 Å². The molecule has 0 amide bonds. The van der Waals surface area contributed by atoms with Crippen LogP contribution in [0.25, 0.3) is 11.3 Å². The summed E-state index contributed by atoms with van der Waals surface area (Å²) in [6, 6.07) is 17.0. The highest BCUT2D eigenvalue weighted by Crippen LogP contribution is 2.22. The van der Waals surface area contributed by atoms with Crippen molar-refractivity contribution in [1.82, 2.24) is 0 Å². The quantitative estimate of drug-likeness (QED) is 0.389. The van der Waals surface area contributed by atoms with Gasteiger partial charge in [0, 0.05) is 6.08 Å². The smallest absolute Gasteiger partial charge is 0.261 e. The summed E-state index contributed by atoms with van der Waals surface area (Å²) < 4.78 is 0. The fourth-order valence-electron chi connectivity index (χ4n) is 2.57. The van der Waals surface area contributed by atoms with Crippen LogP contribution in [0.3, 0.4) is 0 Å². The Bertz CT molecular complexity index is 673. The van der Waals surface area contributed by atoms with Crippen LogP contribution in [0.4, 0.5) is 0 Å². The first kappa shape index (κ1) is 17.1. The van der Waals surface area contributed by atoms with Crippen molar-refractivity contribution in [1.29, 1.82) is 0 Å². The van der Waals surface area contributed by atoms with Crippen molar-refractivity contribution in [3.63, 3.8) is 0 Å². The Hall–Kier alpha value is -2.28. The summed E-state index contributed by atoms with van der Waals surface area (Å²) >= 11 is 0. The van der Waals surface area contributed by atoms with Crippen molar-refractivity contribution >= 4 is 11.3 Å². The van der Waals surface area contributed by atoms with Gasteiger partial charge in [0.15, 0.2) is 0 Å². The molecule has 0 radical (unpaired) electrons. The van der Waals surface area contributed by atoms with Crippen molar-refractivity contribution in [2.75, 3.05) is 0 Å². The van der Waals surface area contributed by atoms with E-state index in [4.69, 9.17) is 5.11 Å². The summed E-state index contributed by atoms with van der Waals surface area (Å²) in [7, 11) is 0. The van der Waals surface area contributed by atoms with Crippen molar-refractivity contribution in [3.8, 4) is 0 Å². The highest BCUT2D eigenvalue weighted by Gasteiger charge is 2.07. The molecule has 0 aliphatic rings. The van der Waals surface area contributed by atoms with Crippen molar-refractivity contribution in [2.24, 2.45) is 0 Å². The Morgan fingerprint density at radius 3 is 1.70 bits per heavy atom. The van der Waals surface area contributed by atoms with Gasteiger partial charge in [0.2, 0.25) is 0 Å². The molecule has 0 aliphatic heterocycles. The van der Waals surface area contributed by atoms with E-state index in [2.05, 4.69) is 63.2 Å². The Morgan fingerprint density at radius 1 is 0.783 bits per heavy atom. The van der Waals surface area contributed by atoms with Crippen LogP contribution in [-0.2, 0) is 12.8 Å². The van der Waals surface area contributed by atoms with Gasteiger partial charge >= 0.3 is 0 Å². The SMILES string of the molecule is CC/C=C(\C=C(/[OH2+])c1ccc(CC)cc1)c1ccc(CC)cc1. The Morgan fingerprint density at radius 2 is 1.26 bits per heavy atom. The minimum absolute atomic E-state index is 0.562. The standard InChI is InChI=1S/C22H26O/c1-4-7-21(19-12-8-17(5-2)9-13-19)16-22(23)20-14-10-18(6-3)11-15-20/h7-16,23H,4-6H2,1-3H3/p+1/b21-7+,22-16-. The molecule has 0 saturated carbocycles. The number of allylic oxidation sites excluding steroid dienone is 3. The zero-order chi connectivity index (χ0) is 16.7. The van der Waals surface area contributed by atoms with Gasteiger partial charge in [-0.05, 0) is 53.7 Å². The van der Waals surface area contributed by atoms with Gasteiger partial charge in [-0.15, -0.1) is 0 Å². The number of hydrogen-bond donors (Lipinski definition) is 0. The molecule has 0 unspecified atom stereocenters. The summed E-state index contributed by atoms with van der Waals surface area (Å²) in [6.45, 7) is 6.45. The van der Waals surface area contributed by atoms with E-state index >= 15 is 0 Å². The molecule has 0 saturated heterocycles. The van der Waals surface area contributed by atoms with E-state index in [1.807, 2.05) is 18.2 Å². The molecule has 0 bridgehead atoms. The molecule has 2 aromatic rings. The van der Waals surface area contributed by atoms with Crippen LogP contribution in [0.5, 0.6) is 0 Å². The third kappa shape index (κ3) is 4.59. The fourth-order valence-corrected chi connectivity index (χ4v) is 2.57. The van der Waals surface area contributed by atoms with E-state index in [1.54, 1.807) is 0 Å². The van der Waals surface area contributed by atoms with E-state index < -0.39 is 0 Å². The van der Waals surface area contributed by atoms with E-state index in [-0.39, 0.29) is 0 Å². The molecule has 2 N–H and O–H groups in total. The predicted octanol–water partition coefficient (Wildman–Crippen LogP) is 5.37. The first-order chi connectivity index (χ1) is 11.2. The van der Waals surface area contributed by atoms with Gasteiger partial charge in [-0.3, -0.25) is 0 Å². The van der Waals surface area contributed by atoms with Gasteiger partial charge in [0.25, 0.3) is 5.76 Å². The predicted molar refractivity (Wildman–Crippen MR) is 101 cm³/mol. The minimum atomic E-state index is 0.562. The zero-order valence-electron chi connectivity index (χ0n) is 14.4. The van der Waals surface area contributed by atoms with Gasteiger partial charge in [-0.1, -0.05) is 63.2 Å². The Labute approximate surface area is 140 Å². The van der Waals surface area contributed by atoms with Crippen LogP contribution >= 0.6 is 0 Å². The van der Waals surface area contributed by atoms with Gasteiger partial charge in [0.1, 0.15) is 0 Å². The molecule has 2 rings (SSSR count). The lowest BCUT2D eigenvalue weighted by Gasteiger charge is -2.05. The minimum Gasteiger partial charge on any atom is -0.593 e. The van der Waals surface area contributed by atoms with Gasteiger partial charge < -0.3 is 5.11 Å². The second-order valence-corrected chi connectivity index (χ2v) is 5.73. The lowest BCUT2D eigenvalue weighted by Crippen LogP contribution is -1.89. The summed E-state index contributed by atoms with van der Waals surface area (Å²) in [6.07, 6.45) is 7.21. The molecular weight excluding hydrogens is 280 g/mol. The Balaban J connectivity index is 2.30. The van der Waals surface area contributed by atoms with Crippen LogP contribution in [0, 0.1) is 0 Å². The maximum Gasteiger partial charge on any atom is 0.261 e. The molecule has 0 atom stereocenters. The molecule has 0 spiro atoms. The average Bonchev–Trinajstić information content (AvgIpc) is 2.61. The maximum absolute atomic E-state index is 8.40. The lowest BCUT2D eigenvalue weighted by atomic mass is 10.00. The molecule has 1 heteroatoms. The summed E-state index contributed by atoms with van der Waals surface area (Å²) in [4.78, 5) is 0. The first-order valence-electron chi connectivity index (χ1n) is 8.50. The van der Waals surface area contributed by atoms with Crippen LogP contribution in [0.1, 0.15) is 49.4 Å². The lowest BCUT2D eigenvalue weighted by molar-refractivity contribution is 0.512. The first-order valence-corrected chi connectivity index (χ1v) is 8.50. The molecule has 0 fully saturated rings. The van der Waals surface area contributed by atoms with Crippen molar-refractivity contribution in [2.45, 2.75) is 40.0 Å². The van der Waals surface area contributed by atoms with E-state index in [0.29, 0.717) is 5.76 Å². The molecule has 0 heterocycles. The highest BCUT2D eigenvalue weighted by atomic mass is 16.3.